The minimum absolute atomic E-state index is 0.0977. The van der Waals surface area contributed by atoms with Gasteiger partial charge >= 0.3 is 0 Å². The van der Waals surface area contributed by atoms with Gasteiger partial charge in [0.15, 0.2) is 0 Å². The van der Waals surface area contributed by atoms with Crippen molar-refractivity contribution in [1.82, 2.24) is 10.2 Å². The van der Waals surface area contributed by atoms with Crippen molar-refractivity contribution in [3.8, 4) is 0 Å². The average molecular weight is 202 g/mol. The molecule has 3 nitrogen and oxygen atoms in total. The van der Waals surface area contributed by atoms with Crippen molar-refractivity contribution < 1.29 is 4.79 Å². The maximum absolute atomic E-state index is 11.8. The molecule has 1 saturated heterocycles. The Morgan fingerprint density at radius 2 is 2.38 bits per heavy atom. The molecule has 1 heterocycles. The summed E-state index contributed by atoms with van der Waals surface area (Å²) in [5.41, 5.74) is 0. The van der Waals surface area contributed by atoms with Crippen molar-refractivity contribution in [2.75, 3.05) is 25.9 Å². The molecule has 1 unspecified atom stereocenters. The van der Waals surface area contributed by atoms with Crippen molar-refractivity contribution in [3.63, 3.8) is 0 Å². The lowest BCUT2D eigenvalue weighted by Crippen LogP contribution is -2.54. The zero-order chi connectivity index (χ0) is 9.84. The van der Waals surface area contributed by atoms with E-state index in [1.165, 1.54) is 0 Å². The number of amides is 1. The number of carbonyl (C=O) groups is 1. The van der Waals surface area contributed by atoms with Gasteiger partial charge in [0.2, 0.25) is 5.91 Å². The van der Waals surface area contributed by atoms with Gasteiger partial charge in [-0.3, -0.25) is 4.79 Å². The quantitative estimate of drug-likeness (QED) is 0.710. The monoisotopic (exact) mass is 202 g/mol. The molecule has 76 valence electrons. The van der Waals surface area contributed by atoms with Crippen LogP contribution in [0.15, 0.2) is 0 Å². The zero-order valence-electron chi connectivity index (χ0n) is 8.54. The molecular formula is C9H18N2OS. The van der Waals surface area contributed by atoms with Crippen LogP contribution >= 0.6 is 11.8 Å². The van der Waals surface area contributed by atoms with E-state index in [0.717, 1.165) is 19.6 Å². The number of thioether (sulfide) groups is 1. The first-order valence-electron chi connectivity index (χ1n) is 4.70. The lowest BCUT2D eigenvalue weighted by molar-refractivity contribution is -0.133. The van der Waals surface area contributed by atoms with Crippen LogP contribution in [0.3, 0.4) is 0 Å². The molecule has 0 aromatic carbocycles. The Kier molecular flexibility index (Phi) is 4.06. The second kappa shape index (κ2) is 4.86. The first kappa shape index (κ1) is 10.9. The first-order chi connectivity index (χ1) is 6.16. The van der Waals surface area contributed by atoms with Gasteiger partial charge in [0, 0.05) is 25.7 Å². The summed E-state index contributed by atoms with van der Waals surface area (Å²) in [6.45, 7) is 6.77. The highest BCUT2D eigenvalue weighted by Gasteiger charge is 2.25. The lowest BCUT2D eigenvalue weighted by atomic mass is 10.2. The first-order valence-corrected chi connectivity index (χ1v) is 5.99. The Balaban J connectivity index is 2.53. The van der Waals surface area contributed by atoms with E-state index >= 15 is 0 Å². The van der Waals surface area contributed by atoms with Gasteiger partial charge < -0.3 is 10.2 Å². The summed E-state index contributed by atoms with van der Waals surface area (Å²) < 4.78 is 0. The fourth-order valence-corrected chi connectivity index (χ4v) is 1.84. The van der Waals surface area contributed by atoms with E-state index in [2.05, 4.69) is 12.2 Å². The van der Waals surface area contributed by atoms with Crippen molar-refractivity contribution >= 4 is 17.7 Å². The molecule has 1 rings (SSSR count). The van der Waals surface area contributed by atoms with Crippen LogP contribution in [-0.4, -0.2) is 48.0 Å². The zero-order valence-corrected chi connectivity index (χ0v) is 9.36. The smallest absolute Gasteiger partial charge is 0.235 e. The molecule has 1 aliphatic heterocycles. The van der Waals surface area contributed by atoms with E-state index in [1.54, 1.807) is 11.8 Å². The Bertz CT molecular complexity index is 186. The van der Waals surface area contributed by atoms with Crippen molar-refractivity contribution in [3.05, 3.63) is 0 Å². The third-order valence-corrected chi connectivity index (χ3v) is 3.39. The fraction of sp³-hybridized carbons (Fsp3) is 0.889. The molecule has 0 spiro atoms. The van der Waals surface area contributed by atoms with E-state index in [0.29, 0.717) is 6.04 Å². The molecule has 0 bridgehead atoms. The van der Waals surface area contributed by atoms with E-state index in [9.17, 15) is 4.79 Å². The molecule has 4 heteroatoms. The summed E-state index contributed by atoms with van der Waals surface area (Å²) in [5, 5.41) is 3.37. The third kappa shape index (κ3) is 2.61. The number of piperazine rings is 1. The SMILES string of the molecule is CSC(C)C(=O)N1CCNC[C@H]1C. The molecular weight excluding hydrogens is 184 g/mol. The van der Waals surface area contributed by atoms with Crippen LogP contribution < -0.4 is 5.32 Å². The Hall–Kier alpha value is -0.220. The van der Waals surface area contributed by atoms with Gasteiger partial charge in [-0.2, -0.15) is 11.8 Å². The predicted molar refractivity (Wildman–Crippen MR) is 57.0 cm³/mol. The van der Waals surface area contributed by atoms with Crippen molar-refractivity contribution in [1.29, 1.82) is 0 Å². The van der Waals surface area contributed by atoms with Crippen LogP contribution in [0.5, 0.6) is 0 Å². The molecule has 1 fully saturated rings. The maximum Gasteiger partial charge on any atom is 0.235 e. The number of carbonyl (C=O) groups excluding carboxylic acids is 1. The highest BCUT2D eigenvalue weighted by atomic mass is 32.2. The molecule has 0 aliphatic carbocycles. The van der Waals surface area contributed by atoms with Crippen LogP contribution in [-0.2, 0) is 4.79 Å². The van der Waals surface area contributed by atoms with Gasteiger partial charge in [0.05, 0.1) is 5.25 Å². The minimum atomic E-state index is 0.0977. The van der Waals surface area contributed by atoms with E-state index < -0.39 is 0 Å². The normalized spacial score (nSPS) is 25.8. The molecule has 0 aromatic heterocycles. The lowest BCUT2D eigenvalue weighted by Gasteiger charge is -2.35. The second-order valence-corrected chi connectivity index (χ2v) is 4.64. The molecule has 0 aromatic rings. The van der Waals surface area contributed by atoms with E-state index in [4.69, 9.17) is 0 Å². The second-order valence-electron chi connectivity index (χ2n) is 3.46. The van der Waals surface area contributed by atoms with Gasteiger partial charge in [0.25, 0.3) is 0 Å². The van der Waals surface area contributed by atoms with Crippen LogP contribution in [0.1, 0.15) is 13.8 Å². The number of hydrogen-bond acceptors (Lipinski definition) is 3. The van der Waals surface area contributed by atoms with Crippen LogP contribution in [0, 0.1) is 0 Å². The highest BCUT2D eigenvalue weighted by molar-refractivity contribution is 7.99. The summed E-state index contributed by atoms with van der Waals surface area (Å²) in [6, 6.07) is 0.343. The molecule has 1 aliphatic rings. The predicted octanol–water partition coefficient (Wildman–Crippen LogP) is 0.558. The summed E-state index contributed by atoms with van der Waals surface area (Å²) in [4.78, 5) is 13.8. The number of nitrogens with zero attached hydrogens (tertiary/aromatic N) is 1. The average Bonchev–Trinajstić information content (AvgIpc) is 2.16. The number of hydrogen-bond donors (Lipinski definition) is 1. The van der Waals surface area contributed by atoms with Gasteiger partial charge in [0.1, 0.15) is 0 Å². The molecule has 0 radical (unpaired) electrons. The Morgan fingerprint density at radius 1 is 1.69 bits per heavy atom. The topological polar surface area (TPSA) is 32.3 Å². The fourth-order valence-electron chi connectivity index (χ4n) is 1.50. The molecule has 2 atom stereocenters. The maximum atomic E-state index is 11.8. The van der Waals surface area contributed by atoms with E-state index in [-0.39, 0.29) is 11.2 Å². The number of rotatable bonds is 2. The molecule has 0 saturated carbocycles. The summed E-state index contributed by atoms with van der Waals surface area (Å²) >= 11 is 1.62. The van der Waals surface area contributed by atoms with Crippen molar-refractivity contribution in [2.45, 2.75) is 25.1 Å². The van der Waals surface area contributed by atoms with E-state index in [1.807, 2.05) is 18.1 Å². The number of nitrogens with one attached hydrogen (secondary N) is 1. The van der Waals surface area contributed by atoms with Crippen LogP contribution in [0.2, 0.25) is 0 Å². The van der Waals surface area contributed by atoms with Crippen molar-refractivity contribution in [2.24, 2.45) is 0 Å². The molecule has 13 heavy (non-hydrogen) atoms. The van der Waals surface area contributed by atoms with Gasteiger partial charge in [-0.05, 0) is 20.1 Å². The largest absolute Gasteiger partial charge is 0.336 e. The summed E-state index contributed by atoms with van der Waals surface area (Å²) in [7, 11) is 0. The molecule has 1 amide bonds. The molecule has 1 N–H and O–H groups in total. The summed E-state index contributed by atoms with van der Waals surface area (Å²) in [5.74, 6) is 0.279. The Labute approximate surface area is 84.2 Å². The van der Waals surface area contributed by atoms with Crippen LogP contribution in [0.25, 0.3) is 0 Å². The highest BCUT2D eigenvalue weighted by Crippen LogP contribution is 2.12. The van der Waals surface area contributed by atoms with Gasteiger partial charge in [-0.1, -0.05) is 0 Å². The minimum Gasteiger partial charge on any atom is -0.336 e. The van der Waals surface area contributed by atoms with Gasteiger partial charge in [-0.15, -0.1) is 0 Å². The van der Waals surface area contributed by atoms with Gasteiger partial charge in [-0.25, -0.2) is 0 Å². The van der Waals surface area contributed by atoms with Crippen LogP contribution in [0.4, 0.5) is 0 Å². The standard InChI is InChI=1S/C9H18N2OS/c1-7-6-10-4-5-11(7)9(12)8(2)13-3/h7-8,10H,4-6H2,1-3H3/t7-,8?/m1/s1. The Morgan fingerprint density at radius 3 is 2.92 bits per heavy atom. The third-order valence-electron chi connectivity index (χ3n) is 2.49. The summed E-state index contributed by atoms with van der Waals surface area (Å²) in [6.07, 6.45) is 1.98.